The first-order chi connectivity index (χ1) is 5.04. The van der Waals surface area contributed by atoms with Crippen LogP contribution in [-0.2, 0) is 4.79 Å². The predicted molar refractivity (Wildman–Crippen MR) is 43.0 cm³/mol. The summed E-state index contributed by atoms with van der Waals surface area (Å²) >= 11 is 0. The van der Waals surface area contributed by atoms with E-state index in [1.165, 1.54) is 5.57 Å². The maximum absolute atomic E-state index is 11.2. The van der Waals surface area contributed by atoms with E-state index in [1.54, 1.807) is 0 Å². The lowest BCUT2D eigenvalue weighted by Gasteiger charge is -2.39. The van der Waals surface area contributed by atoms with Crippen molar-refractivity contribution in [2.45, 2.75) is 26.3 Å². The predicted octanol–water partition coefficient (Wildman–Crippen LogP) is 1.09. The van der Waals surface area contributed by atoms with Crippen molar-refractivity contribution in [3.8, 4) is 0 Å². The van der Waals surface area contributed by atoms with Gasteiger partial charge in [0.05, 0.1) is 5.54 Å². The normalized spacial score (nSPS) is 47.5. The minimum Gasteiger partial charge on any atom is -0.347 e. The molecule has 1 heterocycles. The second kappa shape index (κ2) is 1.68. The second-order valence-corrected chi connectivity index (χ2v) is 3.93. The molecule has 1 aliphatic heterocycles. The molecular weight excluding hydrogens is 138 g/mol. The first kappa shape index (κ1) is 6.89. The highest BCUT2D eigenvalue weighted by molar-refractivity contribution is 5.85. The molecular formula is C9H13NO. The van der Waals surface area contributed by atoms with Crippen molar-refractivity contribution in [3.63, 3.8) is 0 Å². The summed E-state index contributed by atoms with van der Waals surface area (Å²) in [6.45, 7) is 6.19. The molecule has 2 aliphatic rings. The molecule has 0 spiro atoms. The minimum atomic E-state index is -0.0133. The number of nitrogens with one attached hydrogen (secondary N) is 1. The molecule has 0 aromatic carbocycles. The zero-order valence-corrected chi connectivity index (χ0v) is 7.14. The number of amides is 1. The van der Waals surface area contributed by atoms with Crippen LogP contribution >= 0.6 is 0 Å². The molecule has 1 unspecified atom stereocenters. The maximum Gasteiger partial charge on any atom is 0.224 e. The quantitative estimate of drug-likeness (QED) is 0.516. The zero-order chi connectivity index (χ0) is 8.22. The van der Waals surface area contributed by atoms with E-state index >= 15 is 0 Å². The van der Waals surface area contributed by atoms with Crippen LogP contribution < -0.4 is 5.32 Å². The van der Waals surface area contributed by atoms with Gasteiger partial charge in [0.1, 0.15) is 0 Å². The number of carbonyl (C=O) groups is 1. The first-order valence-electron chi connectivity index (χ1n) is 4.06. The lowest BCUT2D eigenvalue weighted by molar-refractivity contribution is -0.122. The molecule has 1 N–H and O–H groups in total. The average molecular weight is 151 g/mol. The standard InChI is InChI=1S/C9H13NO/c1-5-4-9(3)7(5)6(2)8(11)10-9/h4,6-7H,1-3H3,(H,10,11)/t6-,7?,9+/m0/s1. The van der Waals surface area contributed by atoms with Gasteiger partial charge in [0.25, 0.3) is 0 Å². The van der Waals surface area contributed by atoms with E-state index in [0.717, 1.165) is 0 Å². The average Bonchev–Trinajstić information content (AvgIpc) is 2.00. The summed E-state index contributed by atoms with van der Waals surface area (Å²) in [7, 11) is 0. The van der Waals surface area contributed by atoms with Gasteiger partial charge < -0.3 is 5.32 Å². The lowest BCUT2D eigenvalue weighted by Crippen LogP contribution is -2.47. The molecule has 1 saturated heterocycles. The Hall–Kier alpha value is -0.790. The summed E-state index contributed by atoms with van der Waals surface area (Å²) in [5.41, 5.74) is 1.35. The fourth-order valence-electron chi connectivity index (χ4n) is 2.59. The summed E-state index contributed by atoms with van der Waals surface area (Å²) in [6, 6.07) is 0. The third-order valence-corrected chi connectivity index (χ3v) is 2.97. The third kappa shape index (κ3) is 0.647. The van der Waals surface area contributed by atoms with Crippen LogP contribution in [0.5, 0.6) is 0 Å². The molecule has 1 aliphatic carbocycles. The summed E-state index contributed by atoms with van der Waals surface area (Å²) in [4.78, 5) is 11.2. The minimum absolute atomic E-state index is 0.0133. The van der Waals surface area contributed by atoms with E-state index in [-0.39, 0.29) is 17.4 Å². The highest BCUT2D eigenvalue weighted by Gasteiger charge is 2.52. The molecule has 2 nitrogen and oxygen atoms in total. The van der Waals surface area contributed by atoms with Gasteiger partial charge in [0.15, 0.2) is 0 Å². The number of hydrogen-bond acceptors (Lipinski definition) is 1. The van der Waals surface area contributed by atoms with E-state index < -0.39 is 0 Å². The monoisotopic (exact) mass is 151 g/mol. The fourth-order valence-corrected chi connectivity index (χ4v) is 2.59. The van der Waals surface area contributed by atoms with Gasteiger partial charge in [-0.15, -0.1) is 0 Å². The van der Waals surface area contributed by atoms with Gasteiger partial charge in [-0.1, -0.05) is 18.6 Å². The Labute approximate surface area is 66.7 Å². The van der Waals surface area contributed by atoms with Crippen molar-refractivity contribution < 1.29 is 4.79 Å². The van der Waals surface area contributed by atoms with Crippen LogP contribution in [-0.4, -0.2) is 11.4 Å². The van der Waals surface area contributed by atoms with E-state index in [4.69, 9.17) is 0 Å². The van der Waals surface area contributed by atoms with Crippen LogP contribution in [0.1, 0.15) is 20.8 Å². The van der Waals surface area contributed by atoms with Crippen LogP contribution in [0.15, 0.2) is 11.6 Å². The van der Waals surface area contributed by atoms with Crippen molar-refractivity contribution >= 4 is 5.91 Å². The first-order valence-corrected chi connectivity index (χ1v) is 4.06. The molecule has 2 heteroatoms. The Morgan fingerprint density at radius 1 is 1.64 bits per heavy atom. The number of carbonyl (C=O) groups excluding carboxylic acids is 1. The molecule has 60 valence electrons. The summed E-state index contributed by atoms with van der Waals surface area (Å²) in [5, 5.41) is 2.99. The lowest BCUT2D eigenvalue weighted by atomic mass is 9.68. The van der Waals surface area contributed by atoms with Gasteiger partial charge in [-0.2, -0.15) is 0 Å². The molecule has 0 aromatic heterocycles. The van der Waals surface area contributed by atoms with Gasteiger partial charge in [-0.25, -0.2) is 0 Å². The Morgan fingerprint density at radius 2 is 2.27 bits per heavy atom. The van der Waals surface area contributed by atoms with Gasteiger partial charge >= 0.3 is 0 Å². The molecule has 0 radical (unpaired) electrons. The largest absolute Gasteiger partial charge is 0.347 e. The van der Waals surface area contributed by atoms with Gasteiger partial charge in [0.2, 0.25) is 5.91 Å². The summed E-state index contributed by atoms with van der Waals surface area (Å²) in [6.07, 6.45) is 2.15. The molecule has 0 saturated carbocycles. The van der Waals surface area contributed by atoms with Crippen LogP contribution in [0, 0.1) is 11.8 Å². The Bertz CT molecular complexity index is 256. The van der Waals surface area contributed by atoms with Gasteiger partial charge in [-0.3, -0.25) is 4.79 Å². The van der Waals surface area contributed by atoms with E-state index in [1.807, 2.05) is 6.92 Å². The van der Waals surface area contributed by atoms with Gasteiger partial charge in [-0.05, 0) is 13.8 Å². The highest BCUT2D eigenvalue weighted by Crippen LogP contribution is 2.46. The molecule has 11 heavy (non-hydrogen) atoms. The second-order valence-electron chi connectivity index (χ2n) is 3.93. The Morgan fingerprint density at radius 3 is 2.64 bits per heavy atom. The molecule has 0 bridgehead atoms. The van der Waals surface area contributed by atoms with Crippen molar-refractivity contribution in [2.75, 3.05) is 0 Å². The van der Waals surface area contributed by atoms with E-state index in [9.17, 15) is 4.79 Å². The topological polar surface area (TPSA) is 29.1 Å². The van der Waals surface area contributed by atoms with Crippen molar-refractivity contribution in [3.05, 3.63) is 11.6 Å². The van der Waals surface area contributed by atoms with Crippen LogP contribution in [0.2, 0.25) is 0 Å². The van der Waals surface area contributed by atoms with Crippen molar-refractivity contribution in [2.24, 2.45) is 11.8 Å². The Balaban J connectivity index is 2.36. The maximum atomic E-state index is 11.2. The summed E-state index contributed by atoms with van der Waals surface area (Å²) < 4.78 is 0. The molecule has 1 amide bonds. The zero-order valence-electron chi connectivity index (χ0n) is 7.14. The molecule has 0 aromatic rings. The van der Waals surface area contributed by atoms with E-state index in [0.29, 0.717) is 5.92 Å². The fraction of sp³-hybridized carbons (Fsp3) is 0.667. The van der Waals surface area contributed by atoms with Crippen LogP contribution in [0.4, 0.5) is 0 Å². The third-order valence-electron chi connectivity index (χ3n) is 2.97. The number of rotatable bonds is 0. The molecule has 3 atom stereocenters. The van der Waals surface area contributed by atoms with Crippen LogP contribution in [0.3, 0.4) is 0 Å². The molecule has 1 fully saturated rings. The number of fused-ring (bicyclic) bond motifs is 1. The smallest absolute Gasteiger partial charge is 0.224 e. The summed E-state index contributed by atoms with van der Waals surface area (Å²) in [5.74, 6) is 0.825. The van der Waals surface area contributed by atoms with Crippen molar-refractivity contribution in [1.82, 2.24) is 5.32 Å². The van der Waals surface area contributed by atoms with Crippen molar-refractivity contribution in [1.29, 1.82) is 0 Å². The van der Waals surface area contributed by atoms with Gasteiger partial charge in [0, 0.05) is 11.8 Å². The van der Waals surface area contributed by atoms with Crippen LogP contribution in [0.25, 0.3) is 0 Å². The SMILES string of the molecule is CC1=C[C@@]2(C)NC(=O)[C@@H](C)C12. The highest BCUT2D eigenvalue weighted by atomic mass is 16.2. The Kier molecular flexibility index (Phi) is 1.05. The molecule has 2 rings (SSSR count). The van der Waals surface area contributed by atoms with E-state index in [2.05, 4.69) is 25.2 Å². The number of hydrogen-bond donors (Lipinski definition) is 1.